The van der Waals surface area contributed by atoms with Crippen molar-refractivity contribution in [2.75, 3.05) is 6.54 Å². The molecule has 3 nitrogen and oxygen atoms in total. The fourth-order valence-electron chi connectivity index (χ4n) is 3.47. The molecule has 0 aromatic carbocycles. The minimum Gasteiger partial charge on any atom is -0.337 e. The molecule has 17 heavy (non-hydrogen) atoms. The molecule has 0 amide bonds. The Morgan fingerprint density at radius 1 is 1.35 bits per heavy atom. The van der Waals surface area contributed by atoms with E-state index in [0.717, 1.165) is 18.9 Å². The molecule has 1 aliphatic heterocycles. The van der Waals surface area contributed by atoms with E-state index in [-0.39, 0.29) is 0 Å². The number of aromatic nitrogens is 2. The molecule has 1 unspecified atom stereocenters. The molecule has 0 bridgehead atoms. The van der Waals surface area contributed by atoms with E-state index in [9.17, 15) is 0 Å². The number of nitrogens with zero attached hydrogens (tertiary/aromatic N) is 2. The van der Waals surface area contributed by atoms with E-state index in [1.54, 1.807) is 0 Å². The van der Waals surface area contributed by atoms with Crippen LogP contribution in [0.1, 0.15) is 56.0 Å². The van der Waals surface area contributed by atoms with Crippen LogP contribution in [0.2, 0.25) is 0 Å². The molecule has 1 atom stereocenters. The number of hydrogen-bond donors (Lipinski definition) is 1. The van der Waals surface area contributed by atoms with E-state index >= 15 is 0 Å². The van der Waals surface area contributed by atoms with Gasteiger partial charge in [0.2, 0.25) is 0 Å². The van der Waals surface area contributed by atoms with E-state index in [1.807, 2.05) is 6.33 Å². The molecule has 0 saturated heterocycles. The SMILES string of the molecule is Cn1cnc2c1CCNC2CCC1CCCC1. The number of imidazole rings is 1. The summed E-state index contributed by atoms with van der Waals surface area (Å²) in [7, 11) is 2.12. The van der Waals surface area contributed by atoms with Crippen LogP contribution in [0.5, 0.6) is 0 Å². The quantitative estimate of drug-likeness (QED) is 0.869. The highest BCUT2D eigenvalue weighted by molar-refractivity contribution is 5.20. The van der Waals surface area contributed by atoms with Crippen molar-refractivity contribution in [1.82, 2.24) is 14.9 Å². The van der Waals surface area contributed by atoms with Crippen molar-refractivity contribution in [1.29, 1.82) is 0 Å². The van der Waals surface area contributed by atoms with Gasteiger partial charge in [-0.3, -0.25) is 0 Å². The van der Waals surface area contributed by atoms with Crippen molar-refractivity contribution in [2.45, 2.75) is 51.0 Å². The molecule has 94 valence electrons. The summed E-state index contributed by atoms with van der Waals surface area (Å²) in [5, 5.41) is 3.64. The minimum absolute atomic E-state index is 0.514. The number of hydrogen-bond acceptors (Lipinski definition) is 2. The van der Waals surface area contributed by atoms with Gasteiger partial charge in [0, 0.05) is 25.7 Å². The zero-order chi connectivity index (χ0) is 11.7. The Labute approximate surface area is 104 Å². The summed E-state index contributed by atoms with van der Waals surface area (Å²) in [6, 6.07) is 0.514. The average Bonchev–Trinajstić information content (AvgIpc) is 2.97. The lowest BCUT2D eigenvalue weighted by Crippen LogP contribution is -2.31. The van der Waals surface area contributed by atoms with Crippen LogP contribution in [0.3, 0.4) is 0 Å². The zero-order valence-corrected chi connectivity index (χ0v) is 10.8. The predicted molar refractivity (Wildman–Crippen MR) is 68.8 cm³/mol. The second kappa shape index (κ2) is 4.81. The maximum Gasteiger partial charge on any atom is 0.0949 e. The van der Waals surface area contributed by atoms with Crippen LogP contribution in [0.25, 0.3) is 0 Å². The summed E-state index contributed by atoms with van der Waals surface area (Å²) >= 11 is 0. The molecule has 1 aliphatic carbocycles. The van der Waals surface area contributed by atoms with Gasteiger partial charge in [0.05, 0.1) is 18.1 Å². The van der Waals surface area contributed by atoms with E-state index in [1.165, 1.54) is 49.9 Å². The Morgan fingerprint density at radius 3 is 3.00 bits per heavy atom. The molecule has 1 N–H and O–H groups in total. The number of fused-ring (bicyclic) bond motifs is 1. The molecule has 1 fully saturated rings. The van der Waals surface area contributed by atoms with Gasteiger partial charge in [-0.25, -0.2) is 4.98 Å². The molecule has 2 heterocycles. The van der Waals surface area contributed by atoms with Crippen molar-refractivity contribution >= 4 is 0 Å². The topological polar surface area (TPSA) is 29.9 Å². The smallest absolute Gasteiger partial charge is 0.0949 e. The van der Waals surface area contributed by atoms with E-state index < -0.39 is 0 Å². The fraction of sp³-hybridized carbons (Fsp3) is 0.786. The number of rotatable bonds is 3. The third-order valence-corrected chi connectivity index (χ3v) is 4.51. The van der Waals surface area contributed by atoms with Gasteiger partial charge in [0.1, 0.15) is 0 Å². The van der Waals surface area contributed by atoms with Crippen LogP contribution in [0.15, 0.2) is 6.33 Å². The lowest BCUT2D eigenvalue weighted by molar-refractivity contribution is 0.394. The first-order valence-electron chi connectivity index (χ1n) is 7.08. The summed E-state index contributed by atoms with van der Waals surface area (Å²) in [6.07, 6.45) is 11.6. The average molecular weight is 233 g/mol. The first kappa shape index (κ1) is 11.3. The summed E-state index contributed by atoms with van der Waals surface area (Å²) in [5.74, 6) is 0.992. The Morgan fingerprint density at radius 2 is 2.18 bits per heavy atom. The van der Waals surface area contributed by atoms with Gasteiger partial charge in [-0.2, -0.15) is 0 Å². The molecule has 0 spiro atoms. The third-order valence-electron chi connectivity index (χ3n) is 4.51. The normalized spacial score (nSPS) is 25.1. The zero-order valence-electron chi connectivity index (χ0n) is 10.8. The van der Waals surface area contributed by atoms with Crippen LogP contribution in [0, 0.1) is 5.92 Å². The van der Waals surface area contributed by atoms with Crippen molar-refractivity contribution in [3.63, 3.8) is 0 Å². The second-order valence-electron chi connectivity index (χ2n) is 5.67. The van der Waals surface area contributed by atoms with Crippen molar-refractivity contribution in [3.8, 4) is 0 Å². The molecule has 0 radical (unpaired) electrons. The monoisotopic (exact) mass is 233 g/mol. The predicted octanol–water partition coefficient (Wildman–Crippen LogP) is 2.58. The Balaban J connectivity index is 1.64. The Bertz CT molecular complexity index is 377. The van der Waals surface area contributed by atoms with E-state index in [4.69, 9.17) is 0 Å². The number of nitrogens with one attached hydrogen (secondary N) is 1. The van der Waals surface area contributed by atoms with Gasteiger partial charge in [-0.1, -0.05) is 25.7 Å². The van der Waals surface area contributed by atoms with E-state index in [0.29, 0.717) is 6.04 Å². The van der Waals surface area contributed by atoms with Crippen molar-refractivity contribution in [2.24, 2.45) is 13.0 Å². The van der Waals surface area contributed by atoms with Crippen LogP contribution in [0.4, 0.5) is 0 Å². The van der Waals surface area contributed by atoms with E-state index in [2.05, 4.69) is 21.9 Å². The molecule has 1 aromatic rings. The molecule has 3 heteroatoms. The highest BCUT2D eigenvalue weighted by atomic mass is 15.1. The van der Waals surface area contributed by atoms with Crippen molar-refractivity contribution < 1.29 is 0 Å². The number of aryl methyl sites for hydroxylation is 1. The molecular formula is C14H23N3. The Hall–Kier alpha value is -0.830. The largest absolute Gasteiger partial charge is 0.337 e. The van der Waals surface area contributed by atoms with Crippen LogP contribution >= 0.6 is 0 Å². The Kier molecular flexibility index (Phi) is 3.19. The summed E-state index contributed by atoms with van der Waals surface area (Å²) in [6.45, 7) is 1.11. The first-order chi connectivity index (χ1) is 8.34. The highest BCUT2D eigenvalue weighted by Crippen LogP contribution is 2.32. The van der Waals surface area contributed by atoms with Gasteiger partial charge in [0.15, 0.2) is 0 Å². The molecule has 1 saturated carbocycles. The first-order valence-corrected chi connectivity index (χ1v) is 7.08. The van der Waals surface area contributed by atoms with Gasteiger partial charge in [-0.15, -0.1) is 0 Å². The highest BCUT2D eigenvalue weighted by Gasteiger charge is 2.25. The van der Waals surface area contributed by atoms with Crippen LogP contribution < -0.4 is 5.32 Å². The maximum absolute atomic E-state index is 4.58. The standard InChI is InChI=1S/C14H23N3/c1-17-10-16-14-12(15-9-8-13(14)17)7-6-11-4-2-3-5-11/h10-12,15H,2-9H2,1H3. The third kappa shape index (κ3) is 2.25. The fourth-order valence-corrected chi connectivity index (χ4v) is 3.47. The lowest BCUT2D eigenvalue weighted by Gasteiger charge is -2.24. The summed E-state index contributed by atoms with van der Waals surface area (Å²) in [4.78, 5) is 4.58. The van der Waals surface area contributed by atoms with Crippen molar-refractivity contribution in [3.05, 3.63) is 17.7 Å². The minimum atomic E-state index is 0.514. The van der Waals surface area contributed by atoms with Crippen LogP contribution in [-0.2, 0) is 13.5 Å². The van der Waals surface area contributed by atoms with Gasteiger partial charge >= 0.3 is 0 Å². The summed E-state index contributed by atoms with van der Waals surface area (Å²) < 4.78 is 2.19. The molecule has 2 aliphatic rings. The molecule has 3 rings (SSSR count). The second-order valence-corrected chi connectivity index (χ2v) is 5.67. The maximum atomic E-state index is 4.58. The van der Waals surface area contributed by atoms with Crippen LogP contribution in [-0.4, -0.2) is 16.1 Å². The summed E-state index contributed by atoms with van der Waals surface area (Å²) in [5.41, 5.74) is 2.76. The molecular weight excluding hydrogens is 210 g/mol. The van der Waals surface area contributed by atoms with Gasteiger partial charge < -0.3 is 9.88 Å². The molecule has 1 aromatic heterocycles. The van der Waals surface area contributed by atoms with Gasteiger partial charge in [0.25, 0.3) is 0 Å². The lowest BCUT2D eigenvalue weighted by atomic mass is 9.94. The van der Waals surface area contributed by atoms with Gasteiger partial charge in [-0.05, 0) is 18.8 Å².